The van der Waals surface area contributed by atoms with Gasteiger partial charge in [-0.25, -0.2) is 0 Å². The summed E-state index contributed by atoms with van der Waals surface area (Å²) in [7, 11) is 0. The van der Waals surface area contributed by atoms with Gasteiger partial charge < -0.3 is 5.32 Å². The largest absolute Gasteiger partial charge is 0.361 e. The highest BCUT2D eigenvalue weighted by Crippen LogP contribution is 2.28. The first-order valence-electron chi connectivity index (χ1n) is 5.61. The van der Waals surface area contributed by atoms with E-state index in [-0.39, 0.29) is 0 Å². The van der Waals surface area contributed by atoms with Crippen LogP contribution in [0.2, 0.25) is 0 Å². The summed E-state index contributed by atoms with van der Waals surface area (Å²) in [5.41, 5.74) is 0. The van der Waals surface area contributed by atoms with Gasteiger partial charge in [0.05, 0.1) is 6.54 Å². The second kappa shape index (κ2) is 3.74. The van der Waals surface area contributed by atoms with Crippen LogP contribution >= 0.6 is 11.8 Å². The van der Waals surface area contributed by atoms with Crippen LogP contribution in [-0.2, 0) is 0 Å². The molecular formula is C10H17N3S. The van der Waals surface area contributed by atoms with Crippen LogP contribution in [0.3, 0.4) is 0 Å². The highest BCUT2D eigenvalue weighted by atomic mass is 32.2. The van der Waals surface area contributed by atoms with Gasteiger partial charge in [-0.1, -0.05) is 11.8 Å². The molecule has 3 aliphatic rings. The first kappa shape index (κ1) is 9.04. The molecule has 0 radical (unpaired) electrons. The lowest BCUT2D eigenvalue weighted by Crippen LogP contribution is -2.40. The molecule has 0 spiro atoms. The van der Waals surface area contributed by atoms with Crippen LogP contribution in [0.1, 0.15) is 19.3 Å². The summed E-state index contributed by atoms with van der Waals surface area (Å²) in [6.07, 6.45) is 4.09. The molecule has 0 saturated carbocycles. The molecule has 14 heavy (non-hydrogen) atoms. The third kappa shape index (κ3) is 1.54. The summed E-state index contributed by atoms with van der Waals surface area (Å²) < 4.78 is 0. The van der Waals surface area contributed by atoms with E-state index in [1.165, 1.54) is 43.3 Å². The minimum Gasteiger partial charge on any atom is -0.361 e. The van der Waals surface area contributed by atoms with E-state index < -0.39 is 0 Å². The van der Waals surface area contributed by atoms with Crippen LogP contribution in [0, 0.1) is 0 Å². The van der Waals surface area contributed by atoms with Gasteiger partial charge in [0, 0.05) is 24.4 Å². The van der Waals surface area contributed by atoms with Crippen molar-refractivity contribution >= 4 is 16.9 Å². The summed E-state index contributed by atoms with van der Waals surface area (Å²) in [5, 5.41) is 4.82. The Morgan fingerprint density at radius 1 is 1.36 bits per heavy atom. The fourth-order valence-electron chi connectivity index (χ4n) is 2.83. The first-order valence-corrected chi connectivity index (χ1v) is 6.60. The van der Waals surface area contributed by atoms with Gasteiger partial charge in [-0.15, -0.1) is 0 Å². The van der Waals surface area contributed by atoms with Gasteiger partial charge in [0.2, 0.25) is 0 Å². The van der Waals surface area contributed by atoms with Gasteiger partial charge in [0.15, 0.2) is 5.17 Å². The van der Waals surface area contributed by atoms with Gasteiger partial charge in [0.1, 0.15) is 0 Å². The normalized spacial score (nSPS) is 37.3. The van der Waals surface area contributed by atoms with Gasteiger partial charge >= 0.3 is 0 Å². The lowest BCUT2D eigenvalue weighted by atomic mass is 10.1. The maximum Gasteiger partial charge on any atom is 0.156 e. The highest BCUT2D eigenvalue weighted by molar-refractivity contribution is 8.14. The summed E-state index contributed by atoms with van der Waals surface area (Å²) in [6.45, 7) is 3.62. The third-order valence-corrected chi connectivity index (χ3v) is 4.41. The molecule has 4 heteroatoms. The third-order valence-electron chi connectivity index (χ3n) is 3.50. The molecule has 2 unspecified atom stereocenters. The van der Waals surface area contributed by atoms with Crippen molar-refractivity contribution in [2.45, 2.75) is 31.3 Å². The zero-order valence-corrected chi connectivity index (χ0v) is 9.22. The van der Waals surface area contributed by atoms with E-state index in [1.807, 2.05) is 11.8 Å². The lowest BCUT2D eigenvalue weighted by Gasteiger charge is -2.21. The Bertz CT molecular complexity index is 254. The Kier molecular flexibility index (Phi) is 2.41. The average Bonchev–Trinajstić information content (AvgIpc) is 2.85. The Labute approximate surface area is 89.3 Å². The van der Waals surface area contributed by atoms with Crippen molar-refractivity contribution in [1.29, 1.82) is 0 Å². The maximum absolute atomic E-state index is 4.46. The number of aliphatic imine (C=N–C) groups is 1. The molecule has 2 saturated heterocycles. The van der Waals surface area contributed by atoms with E-state index in [1.54, 1.807) is 0 Å². The van der Waals surface area contributed by atoms with Crippen molar-refractivity contribution in [3.05, 3.63) is 0 Å². The topological polar surface area (TPSA) is 27.6 Å². The van der Waals surface area contributed by atoms with Crippen molar-refractivity contribution in [2.75, 3.05) is 25.4 Å². The number of rotatable bonds is 1. The summed E-state index contributed by atoms with van der Waals surface area (Å²) >= 11 is 1.88. The van der Waals surface area contributed by atoms with Crippen molar-refractivity contribution in [1.82, 2.24) is 10.2 Å². The molecule has 3 aliphatic heterocycles. The van der Waals surface area contributed by atoms with Crippen molar-refractivity contribution in [3.63, 3.8) is 0 Å². The molecule has 0 aromatic heterocycles. The first-order chi connectivity index (χ1) is 6.93. The number of nitrogens with zero attached hydrogens (tertiary/aromatic N) is 2. The predicted molar refractivity (Wildman–Crippen MR) is 60.9 cm³/mol. The van der Waals surface area contributed by atoms with Crippen LogP contribution in [0.15, 0.2) is 4.99 Å². The van der Waals surface area contributed by atoms with E-state index in [4.69, 9.17) is 0 Å². The van der Waals surface area contributed by atoms with E-state index in [9.17, 15) is 0 Å². The minimum absolute atomic E-state index is 0.682. The zero-order chi connectivity index (χ0) is 9.38. The van der Waals surface area contributed by atoms with E-state index >= 15 is 0 Å². The molecule has 0 bridgehead atoms. The molecule has 2 atom stereocenters. The van der Waals surface area contributed by atoms with Crippen LogP contribution in [0.5, 0.6) is 0 Å². The smallest absolute Gasteiger partial charge is 0.156 e. The predicted octanol–water partition coefficient (Wildman–Crippen LogP) is 0.915. The molecule has 3 heterocycles. The Morgan fingerprint density at radius 3 is 3.21 bits per heavy atom. The quantitative estimate of drug-likeness (QED) is 0.699. The molecule has 3 rings (SSSR count). The number of hydrogen-bond donors (Lipinski definition) is 1. The molecule has 2 fully saturated rings. The number of hydrogen-bond acceptors (Lipinski definition) is 4. The molecule has 0 aliphatic carbocycles. The van der Waals surface area contributed by atoms with Crippen molar-refractivity contribution in [3.8, 4) is 0 Å². The van der Waals surface area contributed by atoms with Crippen molar-refractivity contribution < 1.29 is 0 Å². The van der Waals surface area contributed by atoms with E-state index in [0.29, 0.717) is 6.04 Å². The molecular weight excluding hydrogens is 194 g/mol. The highest BCUT2D eigenvalue weighted by Gasteiger charge is 2.37. The maximum atomic E-state index is 4.46. The fourth-order valence-corrected chi connectivity index (χ4v) is 3.63. The SMILES string of the molecule is C1CC2C(NC3=NCCS3)CCN2C1. The monoisotopic (exact) mass is 211 g/mol. The van der Waals surface area contributed by atoms with Crippen LogP contribution in [0.25, 0.3) is 0 Å². The number of fused-ring (bicyclic) bond motifs is 1. The Morgan fingerprint density at radius 2 is 2.36 bits per heavy atom. The molecule has 1 N–H and O–H groups in total. The standard InChI is InChI=1S/C10H17N3S/c1-2-9-8(3-6-13(9)5-1)12-10-11-4-7-14-10/h8-9H,1-7H2,(H,11,12). The average molecular weight is 211 g/mol. The summed E-state index contributed by atoms with van der Waals surface area (Å²) in [6, 6.07) is 1.49. The molecule has 0 aromatic rings. The fraction of sp³-hybridized carbons (Fsp3) is 0.900. The summed E-state index contributed by atoms with van der Waals surface area (Å²) in [4.78, 5) is 7.10. The molecule has 0 amide bonds. The van der Waals surface area contributed by atoms with E-state index in [2.05, 4.69) is 15.2 Å². The Balaban J connectivity index is 1.62. The van der Waals surface area contributed by atoms with Crippen LogP contribution < -0.4 is 5.32 Å². The second-order valence-corrected chi connectivity index (χ2v) is 5.40. The molecule has 0 aromatic carbocycles. The Hall–Kier alpha value is -0.220. The summed E-state index contributed by atoms with van der Waals surface area (Å²) in [5.74, 6) is 1.17. The minimum atomic E-state index is 0.682. The van der Waals surface area contributed by atoms with Crippen LogP contribution in [-0.4, -0.2) is 47.5 Å². The van der Waals surface area contributed by atoms with Gasteiger partial charge in [0.25, 0.3) is 0 Å². The molecule has 3 nitrogen and oxygen atoms in total. The molecule has 78 valence electrons. The zero-order valence-electron chi connectivity index (χ0n) is 8.41. The van der Waals surface area contributed by atoms with Crippen molar-refractivity contribution in [2.24, 2.45) is 4.99 Å². The second-order valence-electron chi connectivity index (χ2n) is 4.32. The lowest BCUT2D eigenvalue weighted by molar-refractivity contribution is 0.308. The van der Waals surface area contributed by atoms with E-state index in [0.717, 1.165) is 12.6 Å². The number of nitrogens with one attached hydrogen (secondary N) is 1. The van der Waals surface area contributed by atoms with Gasteiger partial charge in [-0.3, -0.25) is 9.89 Å². The number of thioether (sulfide) groups is 1. The van der Waals surface area contributed by atoms with Gasteiger partial charge in [-0.2, -0.15) is 0 Å². The van der Waals surface area contributed by atoms with Crippen LogP contribution in [0.4, 0.5) is 0 Å². The van der Waals surface area contributed by atoms with Gasteiger partial charge in [-0.05, 0) is 25.8 Å². The number of amidine groups is 1.